The molecule has 4 rings (SSSR count). The molecule has 0 unspecified atom stereocenters. The minimum atomic E-state index is -0.800. The van der Waals surface area contributed by atoms with Gasteiger partial charge in [0.15, 0.2) is 0 Å². The van der Waals surface area contributed by atoms with Crippen LogP contribution in [0.2, 0.25) is 0 Å². The number of hydrogen-bond acceptors (Lipinski definition) is 3. The predicted molar refractivity (Wildman–Crippen MR) is 95.8 cm³/mol. The van der Waals surface area contributed by atoms with Crippen molar-refractivity contribution in [1.29, 1.82) is 0 Å². The zero-order chi connectivity index (χ0) is 17.6. The van der Waals surface area contributed by atoms with E-state index in [2.05, 4.69) is 17.6 Å². The standard InChI is InChI=1S/C20H14N2O3/c1-11-12-6-2-4-8-14(12)16(15-9-5-3-7-13(11)15)10-17-18(23)21-20(25)22-19(17)24/h2-10H,1H3,(H2,21,22,23,24,25). The van der Waals surface area contributed by atoms with Gasteiger partial charge in [0.2, 0.25) is 0 Å². The van der Waals surface area contributed by atoms with Crippen LogP contribution in [0.25, 0.3) is 27.6 Å². The van der Waals surface area contributed by atoms with Gasteiger partial charge in [0, 0.05) is 0 Å². The second-order valence-corrected chi connectivity index (χ2v) is 5.93. The van der Waals surface area contributed by atoms with Crippen molar-refractivity contribution in [1.82, 2.24) is 10.6 Å². The van der Waals surface area contributed by atoms with Crippen molar-refractivity contribution in [3.05, 3.63) is 65.2 Å². The number of fused-ring (bicyclic) bond motifs is 2. The molecule has 0 atom stereocenters. The van der Waals surface area contributed by atoms with Crippen LogP contribution in [0, 0.1) is 6.92 Å². The lowest BCUT2D eigenvalue weighted by atomic mass is 9.91. The lowest BCUT2D eigenvalue weighted by molar-refractivity contribution is -0.123. The molecule has 1 heterocycles. The molecule has 122 valence electrons. The highest BCUT2D eigenvalue weighted by Gasteiger charge is 2.28. The van der Waals surface area contributed by atoms with E-state index in [4.69, 9.17) is 0 Å². The molecule has 0 radical (unpaired) electrons. The van der Waals surface area contributed by atoms with Crippen LogP contribution in [0.1, 0.15) is 11.1 Å². The molecule has 0 spiro atoms. The summed E-state index contributed by atoms with van der Waals surface area (Å²) in [4.78, 5) is 35.5. The third kappa shape index (κ3) is 2.37. The van der Waals surface area contributed by atoms with Crippen LogP contribution in [0.4, 0.5) is 4.79 Å². The molecule has 1 fully saturated rings. The predicted octanol–water partition coefficient (Wildman–Crippen LogP) is 3.05. The Kier molecular flexibility index (Phi) is 3.35. The Bertz CT molecular complexity index is 1030. The van der Waals surface area contributed by atoms with Crippen LogP contribution in [-0.4, -0.2) is 17.8 Å². The number of aryl methyl sites for hydroxylation is 1. The first kappa shape index (κ1) is 15.1. The molecule has 25 heavy (non-hydrogen) atoms. The number of benzene rings is 3. The number of carbonyl (C=O) groups excluding carboxylic acids is 3. The first-order chi connectivity index (χ1) is 12.1. The largest absolute Gasteiger partial charge is 0.328 e. The van der Waals surface area contributed by atoms with Crippen molar-refractivity contribution in [2.24, 2.45) is 0 Å². The van der Waals surface area contributed by atoms with E-state index in [0.717, 1.165) is 32.7 Å². The molecule has 0 aromatic heterocycles. The highest BCUT2D eigenvalue weighted by Crippen LogP contribution is 2.33. The molecule has 0 bridgehead atoms. The molecule has 4 amide bonds. The highest BCUT2D eigenvalue weighted by molar-refractivity contribution is 6.32. The van der Waals surface area contributed by atoms with E-state index >= 15 is 0 Å². The SMILES string of the molecule is Cc1c2ccccc2c(C=C2C(=O)NC(=O)NC2=O)c2ccccc12. The molecule has 0 saturated carbocycles. The monoisotopic (exact) mass is 330 g/mol. The number of hydrogen-bond donors (Lipinski definition) is 2. The molecule has 5 nitrogen and oxygen atoms in total. The van der Waals surface area contributed by atoms with E-state index in [1.165, 1.54) is 0 Å². The van der Waals surface area contributed by atoms with Gasteiger partial charge in [0.25, 0.3) is 11.8 Å². The summed E-state index contributed by atoms with van der Waals surface area (Å²) in [6.07, 6.45) is 1.56. The number of rotatable bonds is 1. The summed E-state index contributed by atoms with van der Waals surface area (Å²) < 4.78 is 0. The lowest BCUT2D eigenvalue weighted by Crippen LogP contribution is -2.51. The molecule has 1 aliphatic rings. The van der Waals surface area contributed by atoms with E-state index in [-0.39, 0.29) is 5.57 Å². The zero-order valence-electron chi connectivity index (χ0n) is 13.4. The lowest BCUT2D eigenvalue weighted by Gasteiger charge is -2.16. The Morgan fingerprint density at radius 1 is 0.720 bits per heavy atom. The first-order valence-corrected chi connectivity index (χ1v) is 7.84. The molecule has 1 saturated heterocycles. The summed E-state index contributed by atoms with van der Waals surface area (Å²) in [5.41, 5.74) is 1.84. The van der Waals surface area contributed by atoms with E-state index in [1.54, 1.807) is 6.08 Å². The van der Waals surface area contributed by atoms with Crippen molar-refractivity contribution in [2.45, 2.75) is 6.92 Å². The summed E-state index contributed by atoms with van der Waals surface area (Å²) in [6, 6.07) is 14.9. The molecule has 3 aromatic rings. The molecule has 3 aromatic carbocycles. The molecule has 1 aliphatic heterocycles. The van der Waals surface area contributed by atoms with Crippen molar-refractivity contribution in [3.8, 4) is 0 Å². The number of amides is 4. The second-order valence-electron chi connectivity index (χ2n) is 5.93. The van der Waals surface area contributed by atoms with E-state index in [9.17, 15) is 14.4 Å². The third-order valence-electron chi connectivity index (χ3n) is 4.47. The van der Waals surface area contributed by atoms with Gasteiger partial charge in [-0.2, -0.15) is 0 Å². The third-order valence-corrected chi connectivity index (χ3v) is 4.47. The maximum Gasteiger partial charge on any atom is 0.328 e. The van der Waals surface area contributed by atoms with Crippen LogP contribution < -0.4 is 10.6 Å². The Morgan fingerprint density at radius 2 is 1.16 bits per heavy atom. The summed E-state index contributed by atoms with van der Waals surface area (Å²) in [7, 11) is 0. The summed E-state index contributed by atoms with van der Waals surface area (Å²) in [5.74, 6) is -1.38. The van der Waals surface area contributed by atoms with Crippen molar-refractivity contribution in [2.75, 3.05) is 0 Å². The van der Waals surface area contributed by atoms with Gasteiger partial charge in [-0.25, -0.2) is 4.79 Å². The summed E-state index contributed by atoms with van der Waals surface area (Å²) in [6.45, 7) is 2.06. The average Bonchev–Trinajstić information content (AvgIpc) is 2.60. The van der Waals surface area contributed by atoms with Gasteiger partial charge >= 0.3 is 6.03 Å². The Hall–Kier alpha value is -3.47. The molecular formula is C20H14N2O3. The van der Waals surface area contributed by atoms with Crippen LogP contribution in [0.3, 0.4) is 0 Å². The van der Waals surface area contributed by atoms with E-state index in [1.807, 2.05) is 48.5 Å². The van der Waals surface area contributed by atoms with Crippen molar-refractivity contribution in [3.63, 3.8) is 0 Å². The molecular weight excluding hydrogens is 316 g/mol. The van der Waals surface area contributed by atoms with Crippen LogP contribution in [-0.2, 0) is 9.59 Å². The molecule has 0 aliphatic carbocycles. The quantitative estimate of drug-likeness (QED) is 0.409. The number of imide groups is 2. The Morgan fingerprint density at radius 3 is 1.64 bits per heavy atom. The van der Waals surface area contributed by atoms with Gasteiger partial charge in [-0.05, 0) is 45.7 Å². The van der Waals surface area contributed by atoms with Crippen molar-refractivity contribution < 1.29 is 14.4 Å². The van der Waals surface area contributed by atoms with Crippen LogP contribution in [0.5, 0.6) is 0 Å². The minimum Gasteiger partial charge on any atom is -0.273 e. The Labute approximate surface area is 143 Å². The fourth-order valence-electron chi connectivity index (χ4n) is 3.29. The highest BCUT2D eigenvalue weighted by atomic mass is 16.2. The number of barbiturate groups is 1. The van der Waals surface area contributed by atoms with Gasteiger partial charge in [-0.3, -0.25) is 20.2 Å². The summed E-state index contributed by atoms with van der Waals surface area (Å²) in [5, 5.41) is 8.23. The fourth-order valence-corrected chi connectivity index (χ4v) is 3.29. The Balaban J connectivity index is 2.08. The topological polar surface area (TPSA) is 75.3 Å². The van der Waals surface area contributed by atoms with E-state index in [0.29, 0.717) is 0 Å². The van der Waals surface area contributed by atoms with Gasteiger partial charge < -0.3 is 0 Å². The minimum absolute atomic E-state index is 0.0845. The van der Waals surface area contributed by atoms with Gasteiger partial charge in [0.1, 0.15) is 5.57 Å². The second kappa shape index (κ2) is 5.56. The number of carbonyl (C=O) groups is 3. The van der Waals surface area contributed by atoms with E-state index < -0.39 is 17.8 Å². The smallest absolute Gasteiger partial charge is 0.273 e. The van der Waals surface area contributed by atoms with Gasteiger partial charge in [-0.1, -0.05) is 48.5 Å². The first-order valence-electron chi connectivity index (χ1n) is 7.84. The van der Waals surface area contributed by atoms with Crippen molar-refractivity contribution >= 4 is 45.5 Å². The fraction of sp³-hybridized carbons (Fsp3) is 0.0500. The van der Waals surface area contributed by atoms with Gasteiger partial charge in [-0.15, -0.1) is 0 Å². The molecule has 5 heteroatoms. The van der Waals surface area contributed by atoms with Crippen LogP contribution >= 0.6 is 0 Å². The maximum atomic E-state index is 12.1. The molecule has 2 N–H and O–H groups in total. The normalized spacial score (nSPS) is 14.6. The average molecular weight is 330 g/mol. The maximum absolute atomic E-state index is 12.1. The summed E-state index contributed by atoms with van der Waals surface area (Å²) >= 11 is 0. The number of urea groups is 1. The van der Waals surface area contributed by atoms with Gasteiger partial charge in [0.05, 0.1) is 0 Å². The van der Waals surface area contributed by atoms with Crippen LogP contribution in [0.15, 0.2) is 54.1 Å². The number of nitrogens with one attached hydrogen (secondary N) is 2. The zero-order valence-corrected chi connectivity index (χ0v) is 13.4.